The molecule has 1 heterocycles. The van der Waals surface area contributed by atoms with Crippen molar-refractivity contribution in [2.75, 3.05) is 51.7 Å². The van der Waals surface area contributed by atoms with E-state index in [1.54, 1.807) is 12.1 Å². The number of nitrogens with two attached hydrogens (primary N) is 2. The summed E-state index contributed by atoms with van der Waals surface area (Å²) in [5, 5.41) is 2.66. The van der Waals surface area contributed by atoms with Crippen LogP contribution in [0.15, 0.2) is 30.3 Å². The Kier molecular flexibility index (Phi) is 10.8. The summed E-state index contributed by atoms with van der Waals surface area (Å²) in [6.45, 7) is 2.06. The van der Waals surface area contributed by atoms with Crippen molar-refractivity contribution in [1.29, 1.82) is 0 Å². The van der Waals surface area contributed by atoms with Gasteiger partial charge < -0.3 is 38.2 Å². The van der Waals surface area contributed by atoms with Crippen molar-refractivity contribution in [2.24, 2.45) is 0 Å². The third-order valence-electron chi connectivity index (χ3n) is 4.58. The second-order valence-electron chi connectivity index (χ2n) is 7.76. The number of rotatable bonds is 11. The van der Waals surface area contributed by atoms with Crippen LogP contribution in [0.4, 0.5) is 11.6 Å². The molecule has 6 N–H and O–H groups in total. The number of carbonyl (C=O) groups excluding carboxylic acids is 1. The molecule has 0 fully saturated rings. The number of hydrogen-bond acceptors (Lipinski definition) is 7. The van der Waals surface area contributed by atoms with Crippen LogP contribution in [-0.4, -0.2) is 69.1 Å². The maximum atomic E-state index is 12.3. The van der Waals surface area contributed by atoms with Gasteiger partial charge in [-0.1, -0.05) is 41.9 Å². The molecule has 1 aromatic heterocycles. The zero-order valence-corrected chi connectivity index (χ0v) is 21.2. The van der Waals surface area contributed by atoms with Gasteiger partial charge in [0.2, 0.25) is 10.0 Å². The first-order chi connectivity index (χ1) is 14.5. The highest BCUT2D eigenvalue weighted by Gasteiger charge is 2.19. The lowest BCUT2D eigenvalue weighted by molar-refractivity contribution is -0.889. The summed E-state index contributed by atoms with van der Waals surface area (Å²) < 4.78 is 27.6. The molecule has 0 bridgehead atoms. The Morgan fingerprint density at radius 2 is 1.72 bits per heavy atom. The number of anilines is 2. The summed E-state index contributed by atoms with van der Waals surface area (Å²) in [6.07, 6.45) is 0.654. The number of aromatic nitrogens is 2. The molecule has 0 spiro atoms. The fourth-order valence-electron chi connectivity index (χ4n) is 2.86. The van der Waals surface area contributed by atoms with Crippen LogP contribution in [0.25, 0.3) is 0 Å². The predicted octanol–water partition coefficient (Wildman–Crippen LogP) is -2.39. The molecule has 0 atom stereocenters. The standard InChI is InChI=1S/C19H28ClN7O3S.BrH/c1-27(2,11-6-9-24-31(29,30)13-14-7-4-3-5-8-14)12-10-23-19(28)15-17(21)26-18(22)16(20)25-15;/h3-5,7-8,24H,6,9-13H2,1-2H3,(H4-,21,22,23,26,28);1H. The van der Waals surface area contributed by atoms with Gasteiger partial charge >= 0.3 is 0 Å². The van der Waals surface area contributed by atoms with E-state index < -0.39 is 15.9 Å². The maximum Gasteiger partial charge on any atom is 0.273 e. The average molecular weight is 551 g/mol. The van der Waals surface area contributed by atoms with Crippen LogP contribution in [0.3, 0.4) is 0 Å². The van der Waals surface area contributed by atoms with Crippen LogP contribution in [0.2, 0.25) is 5.15 Å². The molecule has 0 saturated heterocycles. The minimum Gasteiger partial charge on any atom is -1.00 e. The molecule has 10 nitrogen and oxygen atoms in total. The minimum atomic E-state index is -3.38. The van der Waals surface area contributed by atoms with Crippen LogP contribution < -0.4 is 38.5 Å². The zero-order chi connectivity index (χ0) is 23.1. The van der Waals surface area contributed by atoms with E-state index in [0.29, 0.717) is 30.5 Å². The number of likely N-dealkylation sites (N-methyl/N-ethyl adjacent to an activating group) is 1. The van der Waals surface area contributed by atoms with Crippen LogP contribution in [0.5, 0.6) is 0 Å². The Balaban J connectivity index is 0.00000512. The average Bonchev–Trinajstić information content (AvgIpc) is 2.68. The highest BCUT2D eigenvalue weighted by Crippen LogP contribution is 2.17. The number of quaternary nitrogens is 1. The Morgan fingerprint density at radius 3 is 2.38 bits per heavy atom. The number of amides is 1. The van der Waals surface area contributed by atoms with Gasteiger partial charge in [-0.15, -0.1) is 0 Å². The van der Waals surface area contributed by atoms with Gasteiger partial charge in [0.05, 0.1) is 39.5 Å². The lowest BCUT2D eigenvalue weighted by Gasteiger charge is -2.30. The fraction of sp³-hybridized carbons (Fsp3) is 0.421. The summed E-state index contributed by atoms with van der Waals surface area (Å²) in [4.78, 5) is 19.9. The van der Waals surface area contributed by atoms with E-state index in [2.05, 4.69) is 20.0 Å². The zero-order valence-electron chi connectivity index (χ0n) is 18.0. The van der Waals surface area contributed by atoms with Crippen LogP contribution >= 0.6 is 11.6 Å². The number of hydrogen-bond donors (Lipinski definition) is 4. The number of nitrogens with zero attached hydrogens (tertiary/aromatic N) is 3. The number of nitrogens with one attached hydrogen (secondary N) is 2. The Morgan fingerprint density at radius 1 is 1.06 bits per heavy atom. The van der Waals surface area contributed by atoms with Gasteiger partial charge in [0.15, 0.2) is 22.5 Å². The first-order valence-corrected chi connectivity index (χ1v) is 11.7. The van der Waals surface area contributed by atoms with E-state index in [-0.39, 0.29) is 45.2 Å². The summed E-state index contributed by atoms with van der Waals surface area (Å²) in [7, 11) is 0.618. The second kappa shape index (κ2) is 12.3. The van der Waals surface area contributed by atoms with Crippen molar-refractivity contribution >= 4 is 39.2 Å². The molecule has 13 heteroatoms. The molecule has 2 aromatic rings. The van der Waals surface area contributed by atoms with Crippen molar-refractivity contribution in [3.05, 3.63) is 46.7 Å². The van der Waals surface area contributed by atoms with Crippen molar-refractivity contribution in [3.63, 3.8) is 0 Å². The van der Waals surface area contributed by atoms with E-state index in [1.807, 2.05) is 32.3 Å². The maximum absolute atomic E-state index is 12.3. The van der Waals surface area contributed by atoms with E-state index in [4.69, 9.17) is 23.1 Å². The summed E-state index contributed by atoms with van der Waals surface area (Å²) in [5.41, 5.74) is 11.9. The SMILES string of the molecule is C[N+](C)(CCCNS(=O)(=O)Cc1ccccc1)CCNC(=O)c1nc(Cl)c(N)nc1N.[Br-]. The Labute approximate surface area is 204 Å². The number of benzene rings is 1. The number of sulfonamides is 1. The Bertz CT molecular complexity index is 1010. The molecule has 0 aliphatic rings. The quantitative estimate of drug-likeness (QED) is 0.180. The molecular weight excluding hydrogens is 522 g/mol. The van der Waals surface area contributed by atoms with Gasteiger partial charge in [-0.2, -0.15) is 0 Å². The van der Waals surface area contributed by atoms with Crippen LogP contribution in [0.1, 0.15) is 22.5 Å². The topological polar surface area (TPSA) is 153 Å². The lowest BCUT2D eigenvalue weighted by Crippen LogP contribution is -3.00. The highest BCUT2D eigenvalue weighted by molar-refractivity contribution is 7.88. The second-order valence-corrected chi connectivity index (χ2v) is 9.93. The summed E-state index contributed by atoms with van der Waals surface area (Å²) in [5.74, 6) is -0.649. The van der Waals surface area contributed by atoms with Crippen molar-refractivity contribution in [3.8, 4) is 0 Å². The number of halogens is 2. The molecule has 32 heavy (non-hydrogen) atoms. The normalized spacial score (nSPS) is 11.6. The minimum absolute atomic E-state index is 0. The highest BCUT2D eigenvalue weighted by atomic mass is 79.9. The van der Waals surface area contributed by atoms with Gasteiger partial charge in [0.1, 0.15) is 0 Å². The first kappa shape index (κ1) is 28.0. The first-order valence-electron chi connectivity index (χ1n) is 9.69. The molecule has 178 valence electrons. The van der Waals surface area contributed by atoms with E-state index in [0.717, 1.165) is 12.1 Å². The third-order valence-corrected chi connectivity index (χ3v) is 6.22. The van der Waals surface area contributed by atoms with E-state index >= 15 is 0 Å². The molecule has 2 rings (SSSR count). The van der Waals surface area contributed by atoms with Gasteiger partial charge in [-0.25, -0.2) is 23.1 Å². The van der Waals surface area contributed by atoms with Gasteiger partial charge in [0.25, 0.3) is 5.91 Å². The van der Waals surface area contributed by atoms with Gasteiger partial charge in [-0.05, 0) is 5.56 Å². The fourth-order valence-corrected chi connectivity index (χ4v) is 4.17. The monoisotopic (exact) mass is 549 g/mol. The smallest absolute Gasteiger partial charge is 0.273 e. The van der Waals surface area contributed by atoms with Gasteiger partial charge in [-0.3, -0.25) is 4.79 Å². The molecule has 1 amide bonds. The predicted molar refractivity (Wildman–Crippen MR) is 122 cm³/mol. The molecule has 0 aliphatic carbocycles. The van der Waals surface area contributed by atoms with Gasteiger partial charge in [0, 0.05) is 13.0 Å². The molecular formula is C19H29BrClN7O3S. The largest absolute Gasteiger partial charge is 1.00 e. The van der Waals surface area contributed by atoms with Crippen LogP contribution in [0, 0.1) is 0 Å². The third kappa shape index (κ3) is 9.25. The van der Waals surface area contributed by atoms with E-state index in [9.17, 15) is 13.2 Å². The summed E-state index contributed by atoms with van der Waals surface area (Å²) >= 11 is 5.80. The molecule has 1 aromatic carbocycles. The lowest BCUT2D eigenvalue weighted by atomic mass is 10.2. The molecule has 0 aliphatic heterocycles. The van der Waals surface area contributed by atoms with Crippen molar-refractivity contribution < 1.29 is 34.7 Å². The molecule has 0 unspecified atom stereocenters. The van der Waals surface area contributed by atoms with Crippen LogP contribution in [-0.2, 0) is 15.8 Å². The van der Waals surface area contributed by atoms with Crippen molar-refractivity contribution in [2.45, 2.75) is 12.2 Å². The summed E-state index contributed by atoms with van der Waals surface area (Å²) in [6, 6.07) is 9.04. The van der Waals surface area contributed by atoms with E-state index in [1.165, 1.54) is 0 Å². The molecule has 0 saturated carbocycles. The number of carbonyl (C=O) groups is 1. The van der Waals surface area contributed by atoms with Crippen molar-refractivity contribution in [1.82, 2.24) is 20.0 Å². The Hall–Kier alpha value is -1.99. The number of nitrogen functional groups attached to an aromatic ring is 2. The molecule has 0 radical (unpaired) electrons.